The van der Waals surface area contributed by atoms with Crippen LogP contribution in [-0.2, 0) is 0 Å². The summed E-state index contributed by atoms with van der Waals surface area (Å²) in [5.41, 5.74) is -0.131. The monoisotopic (exact) mass is 336 g/mol. The van der Waals surface area contributed by atoms with Crippen molar-refractivity contribution in [3.63, 3.8) is 0 Å². The predicted octanol–water partition coefficient (Wildman–Crippen LogP) is 1.86. The fourth-order valence-electron chi connectivity index (χ4n) is 7.88. The molecule has 0 aromatic heterocycles. The molecule has 0 heterocycles. The van der Waals surface area contributed by atoms with Crippen LogP contribution in [-0.4, -0.2) is 45.3 Å². The molecule has 0 aliphatic heterocycles. The van der Waals surface area contributed by atoms with Crippen LogP contribution >= 0.6 is 0 Å². The van der Waals surface area contributed by atoms with Gasteiger partial charge in [-0.15, -0.1) is 0 Å². The molecule has 4 rings (SSSR count). The highest BCUT2D eigenvalue weighted by molar-refractivity contribution is 5.31. The standard InChI is InChI=1S/C20H32O4/c1-11-13-4-5-15-19(3)9-12(22)8-18(2,10-21)14(19)6-7-20(15,16(11)23)17(13)24/h12-17,21-24H,1,4-10H2,2-3H3/t12-,13+,14-,15-,16+,17-,18-,19-,20-/m1/s1. The van der Waals surface area contributed by atoms with E-state index in [0.29, 0.717) is 18.8 Å². The molecule has 4 saturated carbocycles. The predicted molar refractivity (Wildman–Crippen MR) is 91.1 cm³/mol. The van der Waals surface area contributed by atoms with Gasteiger partial charge in [0.05, 0.1) is 18.3 Å². The Hall–Kier alpha value is -0.420. The van der Waals surface area contributed by atoms with Crippen molar-refractivity contribution in [2.75, 3.05) is 6.61 Å². The SMILES string of the molecule is C=C1[C@@H]2CC[C@@H]3[C@]4(C)C[C@H](O)C[C@](C)(CO)[C@H]4CC[C@]3([C@@H]2O)[C@H]1O. The molecule has 0 saturated heterocycles. The van der Waals surface area contributed by atoms with Gasteiger partial charge in [0.2, 0.25) is 0 Å². The summed E-state index contributed by atoms with van der Waals surface area (Å²) in [6, 6.07) is 0. The molecule has 4 nitrogen and oxygen atoms in total. The fourth-order valence-corrected chi connectivity index (χ4v) is 7.88. The quantitative estimate of drug-likeness (QED) is 0.551. The Bertz CT molecular complexity index is 562. The van der Waals surface area contributed by atoms with Crippen molar-refractivity contribution in [2.24, 2.45) is 34.0 Å². The Morgan fingerprint density at radius 2 is 1.75 bits per heavy atom. The van der Waals surface area contributed by atoms with Crippen LogP contribution in [0.1, 0.15) is 52.4 Å². The number of hydrogen-bond donors (Lipinski definition) is 4. The zero-order chi connectivity index (χ0) is 17.5. The third kappa shape index (κ3) is 1.78. The van der Waals surface area contributed by atoms with Crippen LogP contribution < -0.4 is 0 Å². The van der Waals surface area contributed by atoms with E-state index in [9.17, 15) is 20.4 Å². The van der Waals surface area contributed by atoms with Gasteiger partial charge in [-0.25, -0.2) is 0 Å². The third-order valence-corrected chi connectivity index (χ3v) is 8.72. The Morgan fingerprint density at radius 1 is 1.04 bits per heavy atom. The van der Waals surface area contributed by atoms with Gasteiger partial charge in [-0.1, -0.05) is 20.4 Å². The molecule has 136 valence electrons. The van der Waals surface area contributed by atoms with Gasteiger partial charge >= 0.3 is 0 Å². The molecule has 4 N–H and O–H groups in total. The van der Waals surface area contributed by atoms with E-state index in [0.717, 1.165) is 31.3 Å². The second-order valence-corrected chi connectivity index (χ2v) is 9.74. The van der Waals surface area contributed by atoms with E-state index in [2.05, 4.69) is 20.4 Å². The largest absolute Gasteiger partial charge is 0.396 e. The van der Waals surface area contributed by atoms with Crippen molar-refractivity contribution in [3.05, 3.63) is 12.2 Å². The first kappa shape index (κ1) is 17.0. The van der Waals surface area contributed by atoms with Crippen molar-refractivity contribution in [1.29, 1.82) is 0 Å². The van der Waals surface area contributed by atoms with E-state index in [-0.39, 0.29) is 29.3 Å². The Labute approximate surface area is 144 Å². The van der Waals surface area contributed by atoms with Gasteiger partial charge in [0.25, 0.3) is 0 Å². The van der Waals surface area contributed by atoms with Gasteiger partial charge in [0, 0.05) is 17.9 Å². The van der Waals surface area contributed by atoms with Gasteiger partial charge < -0.3 is 20.4 Å². The lowest BCUT2D eigenvalue weighted by molar-refractivity contribution is -0.226. The van der Waals surface area contributed by atoms with Crippen molar-refractivity contribution >= 4 is 0 Å². The number of aliphatic hydroxyl groups is 4. The first-order chi connectivity index (χ1) is 11.2. The molecule has 4 aliphatic carbocycles. The normalized spacial score (nSPS) is 59.8. The zero-order valence-corrected chi connectivity index (χ0v) is 14.9. The van der Waals surface area contributed by atoms with Crippen LogP contribution in [0.25, 0.3) is 0 Å². The third-order valence-electron chi connectivity index (χ3n) is 8.72. The van der Waals surface area contributed by atoms with Crippen molar-refractivity contribution < 1.29 is 20.4 Å². The summed E-state index contributed by atoms with van der Waals surface area (Å²) in [5, 5.41) is 42.7. The first-order valence-electron chi connectivity index (χ1n) is 9.54. The Morgan fingerprint density at radius 3 is 2.42 bits per heavy atom. The number of fused-ring (bicyclic) bond motifs is 3. The molecule has 4 heteroatoms. The molecule has 0 aromatic carbocycles. The van der Waals surface area contributed by atoms with Crippen LogP contribution in [0.4, 0.5) is 0 Å². The van der Waals surface area contributed by atoms with E-state index in [1.54, 1.807) is 0 Å². The van der Waals surface area contributed by atoms with E-state index in [1.807, 2.05) is 0 Å². The maximum atomic E-state index is 11.1. The molecular weight excluding hydrogens is 304 g/mol. The van der Waals surface area contributed by atoms with Crippen LogP contribution in [0.3, 0.4) is 0 Å². The summed E-state index contributed by atoms with van der Waals surface area (Å²) >= 11 is 0. The van der Waals surface area contributed by atoms with Gasteiger partial charge in [-0.2, -0.15) is 0 Å². The average Bonchev–Trinajstić information content (AvgIpc) is 2.63. The molecule has 0 aromatic rings. The second kappa shape index (κ2) is 5.06. The molecule has 2 bridgehead atoms. The smallest absolute Gasteiger partial charge is 0.0835 e. The lowest BCUT2D eigenvalue weighted by Gasteiger charge is -2.65. The minimum Gasteiger partial charge on any atom is -0.396 e. The Kier molecular flexibility index (Phi) is 3.59. The lowest BCUT2D eigenvalue weighted by atomic mass is 9.40. The number of aliphatic hydroxyl groups excluding tert-OH is 4. The van der Waals surface area contributed by atoms with Crippen molar-refractivity contribution in [3.8, 4) is 0 Å². The number of rotatable bonds is 1. The van der Waals surface area contributed by atoms with Crippen molar-refractivity contribution in [1.82, 2.24) is 0 Å². The minimum absolute atomic E-state index is 0.0224. The molecular formula is C20H32O4. The summed E-state index contributed by atoms with van der Waals surface area (Å²) in [6.45, 7) is 8.53. The molecule has 9 atom stereocenters. The topological polar surface area (TPSA) is 80.9 Å². The van der Waals surface area contributed by atoms with E-state index < -0.39 is 23.7 Å². The van der Waals surface area contributed by atoms with Gasteiger partial charge in [-0.05, 0) is 66.8 Å². The summed E-state index contributed by atoms with van der Waals surface area (Å²) < 4.78 is 0. The zero-order valence-electron chi connectivity index (χ0n) is 14.9. The highest BCUT2D eigenvalue weighted by atomic mass is 16.3. The van der Waals surface area contributed by atoms with Crippen LogP contribution in [0, 0.1) is 34.0 Å². The van der Waals surface area contributed by atoms with Gasteiger partial charge in [0.1, 0.15) is 0 Å². The summed E-state index contributed by atoms with van der Waals surface area (Å²) in [6.07, 6.45) is 3.30. The van der Waals surface area contributed by atoms with Crippen LogP contribution in [0.2, 0.25) is 0 Å². The van der Waals surface area contributed by atoms with E-state index in [1.165, 1.54) is 0 Å². The van der Waals surface area contributed by atoms with Crippen LogP contribution in [0.5, 0.6) is 0 Å². The fraction of sp³-hybridized carbons (Fsp3) is 0.900. The minimum atomic E-state index is -0.637. The molecule has 24 heavy (non-hydrogen) atoms. The summed E-state index contributed by atoms with van der Waals surface area (Å²) in [5.74, 6) is 0.512. The lowest BCUT2D eigenvalue weighted by Crippen LogP contribution is -2.64. The van der Waals surface area contributed by atoms with Crippen molar-refractivity contribution in [2.45, 2.75) is 70.7 Å². The maximum Gasteiger partial charge on any atom is 0.0835 e. The maximum absolute atomic E-state index is 11.1. The second-order valence-electron chi connectivity index (χ2n) is 9.74. The number of hydrogen-bond acceptors (Lipinski definition) is 4. The molecule has 0 radical (unpaired) electrons. The van der Waals surface area contributed by atoms with Crippen LogP contribution in [0.15, 0.2) is 12.2 Å². The highest BCUT2D eigenvalue weighted by Gasteiger charge is 2.70. The summed E-state index contributed by atoms with van der Waals surface area (Å²) in [7, 11) is 0. The molecule has 1 spiro atoms. The Balaban J connectivity index is 1.81. The van der Waals surface area contributed by atoms with Gasteiger partial charge in [0.15, 0.2) is 0 Å². The average molecular weight is 336 g/mol. The summed E-state index contributed by atoms with van der Waals surface area (Å²) in [4.78, 5) is 0. The molecule has 0 amide bonds. The van der Waals surface area contributed by atoms with E-state index >= 15 is 0 Å². The van der Waals surface area contributed by atoms with E-state index in [4.69, 9.17) is 0 Å². The molecule has 0 unspecified atom stereocenters. The highest BCUT2D eigenvalue weighted by Crippen LogP contribution is 2.71. The molecule has 4 fully saturated rings. The first-order valence-corrected chi connectivity index (χ1v) is 9.54. The molecule has 4 aliphatic rings. The van der Waals surface area contributed by atoms with Gasteiger partial charge in [-0.3, -0.25) is 0 Å².